The van der Waals surface area contributed by atoms with E-state index in [4.69, 9.17) is 0 Å². The van der Waals surface area contributed by atoms with Crippen molar-refractivity contribution in [3.63, 3.8) is 0 Å². The molecule has 0 unspecified atom stereocenters. The molecule has 1 aliphatic heterocycles. The molecule has 4 nitrogen and oxygen atoms in total. The van der Waals surface area contributed by atoms with E-state index in [0.717, 1.165) is 32.5 Å². The van der Waals surface area contributed by atoms with Crippen LogP contribution in [0, 0.1) is 5.92 Å². The van der Waals surface area contributed by atoms with Crippen LogP contribution in [0.25, 0.3) is 0 Å². The lowest BCUT2D eigenvalue weighted by Gasteiger charge is -2.27. The third kappa shape index (κ3) is 5.31. The summed E-state index contributed by atoms with van der Waals surface area (Å²) in [7, 11) is 0. The highest BCUT2D eigenvalue weighted by Crippen LogP contribution is 2.11. The van der Waals surface area contributed by atoms with Crippen LogP contribution < -0.4 is 0 Å². The summed E-state index contributed by atoms with van der Waals surface area (Å²) < 4.78 is 0. The Bertz CT molecular complexity index is 313. The number of carbonyl (C=O) groups is 2. The van der Waals surface area contributed by atoms with Gasteiger partial charge in [-0.05, 0) is 26.7 Å². The summed E-state index contributed by atoms with van der Waals surface area (Å²) in [5, 5.41) is 0. The zero-order chi connectivity index (χ0) is 14.4. The van der Waals surface area contributed by atoms with Crippen LogP contribution in [0.2, 0.25) is 0 Å². The van der Waals surface area contributed by atoms with Crippen molar-refractivity contribution in [3.05, 3.63) is 0 Å². The predicted molar refractivity (Wildman–Crippen MR) is 77.0 cm³/mol. The summed E-state index contributed by atoms with van der Waals surface area (Å²) in [6.07, 6.45) is 2.66. The molecule has 1 amide bonds. The Kier molecular flexibility index (Phi) is 6.49. The van der Waals surface area contributed by atoms with E-state index < -0.39 is 0 Å². The van der Waals surface area contributed by atoms with Gasteiger partial charge in [-0.3, -0.25) is 14.5 Å². The Morgan fingerprint density at radius 2 is 2.00 bits per heavy atom. The van der Waals surface area contributed by atoms with Crippen molar-refractivity contribution in [1.82, 2.24) is 9.80 Å². The number of hydrogen-bond donors (Lipinski definition) is 0. The number of Topliss-reactive ketones (excluding diaryl/α,β-unsaturated/α-hetero) is 1. The molecule has 1 rings (SSSR count). The molecule has 0 radical (unpaired) electrons. The number of hydrogen-bond acceptors (Lipinski definition) is 3. The van der Waals surface area contributed by atoms with Gasteiger partial charge in [0.25, 0.3) is 0 Å². The Balaban J connectivity index is 2.33. The highest BCUT2D eigenvalue weighted by Gasteiger charge is 2.20. The number of carbonyl (C=O) groups excluding carboxylic acids is 2. The largest absolute Gasteiger partial charge is 0.343 e. The van der Waals surface area contributed by atoms with E-state index in [0.29, 0.717) is 24.8 Å². The summed E-state index contributed by atoms with van der Waals surface area (Å²) in [5.41, 5.74) is 0. The molecule has 1 heterocycles. The van der Waals surface area contributed by atoms with Crippen LogP contribution in [0.1, 0.15) is 47.0 Å². The van der Waals surface area contributed by atoms with Crippen molar-refractivity contribution in [1.29, 1.82) is 0 Å². The van der Waals surface area contributed by atoms with Crippen LogP contribution in [-0.2, 0) is 9.59 Å². The van der Waals surface area contributed by atoms with Crippen LogP contribution >= 0.6 is 0 Å². The standard InChI is InChI=1S/C15H28N2O2/c1-12(2)14(18)11-17(13(3)4)10-6-9-16-8-5-7-15(16)19/h12-13H,5-11H2,1-4H3. The van der Waals surface area contributed by atoms with Gasteiger partial charge in [0.2, 0.25) is 5.91 Å². The lowest BCUT2D eigenvalue weighted by molar-refractivity contribution is -0.128. The second kappa shape index (κ2) is 7.63. The molecule has 0 aliphatic carbocycles. The summed E-state index contributed by atoms with van der Waals surface area (Å²) in [6.45, 7) is 11.3. The first-order chi connectivity index (χ1) is 8.91. The Morgan fingerprint density at radius 3 is 2.47 bits per heavy atom. The van der Waals surface area contributed by atoms with Crippen molar-refractivity contribution in [2.45, 2.75) is 53.0 Å². The van der Waals surface area contributed by atoms with Crippen LogP contribution in [-0.4, -0.2) is 53.7 Å². The Morgan fingerprint density at radius 1 is 1.32 bits per heavy atom. The summed E-state index contributed by atoms with van der Waals surface area (Å²) >= 11 is 0. The molecule has 0 aromatic heterocycles. The van der Waals surface area contributed by atoms with Gasteiger partial charge < -0.3 is 4.90 Å². The zero-order valence-corrected chi connectivity index (χ0v) is 12.8. The molecule has 0 saturated carbocycles. The fraction of sp³-hybridized carbons (Fsp3) is 0.867. The van der Waals surface area contributed by atoms with Crippen molar-refractivity contribution in [3.8, 4) is 0 Å². The van der Waals surface area contributed by atoms with Crippen molar-refractivity contribution in [2.75, 3.05) is 26.2 Å². The third-order valence-electron chi connectivity index (χ3n) is 3.78. The van der Waals surface area contributed by atoms with Crippen molar-refractivity contribution >= 4 is 11.7 Å². The number of amides is 1. The molecular formula is C15H28N2O2. The minimum absolute atomic E-state index is 0.0985. The smallest absolute Gasteiger partial charge is 0.222 e. The van der Waals surface area contributed by atoms with E-state index in [1.165, 1.54) is 0 Å². The lowest BCUT2D eigenvalue weighted by atomic mass is 10.1. The van der Waals surface area contributed by atoms with Crippen molar-refractivity contribution < 1.29 is 9.59 Å². The quantitative estimate of drug-likeness (QED) is 0.675. The number of rotatable bonds is 8. The fourth-order valence-corrected chi connectivity index (χ4v) is 2.31. The van der Waals surface area contributed by atoms with Crippen LogP contribution in [0.5, 0.6) is 0 Å². The van der Waals surface area contributed by atoms with Gasteiger partial charge in [-0.15, -0.1) is 0 Å². The molecular weight excluding hydrogens is 240 g/mol. The molecule has 110 valence electrons. The maximum absolute atomic E-state index is 11.8. The molecule has 0 atom stereocenters. The summed E-state index contributed by atoms with van der Waals surface area (Å²) in [4.78, 5) is 27.5. The Hall–Kier alpha value is -0.900. The van der Waals surface area contributed by atoms with E-state index in [9.17, 15) is 9.59 Å². The molecule has 4 heteroatoms. The minimum atomic E-state index is 0.0985. The van der Waals surface area contributed by atoms with Gasteiger partial charge >= 0.3 is 0 Å². The normalized spacial score (nSPS) is 16.2. The third-order valence-corrected chi connectivity index (χ3v) is 3.78. The number of nitrogens with zero attached hydrogens (tertiary/aromatic N) is 2. The van der Waals surface area contributed by atoms with Crippen LogP contribution in [0.15, 0.2) is 0 Å². The average Bonchev–Trinajstić information content (AvgIpc) is 2.73. The molecule has 1 fully saturated rings. The van der Waals surface area contributed by atoms with Crippen molar-refractivity contribution in [2.24, 2.45) is 5.92 Å². The topological polar surface area (TPSA) is 40.6 Å². The van der Waals surface area contributed by atoms with Gasteiger partial charge in [0.05, 0.1) is 6.54 Å². The monoisotopic (exact) mass is 268 g/mol. The predicted octanol–water partition coefficient (Wildman–Crippen LogP) is 1.93. The molecule has 0 aromatic carbocycles. The molecule has 0 bridgehead atoms. The van der Waals surface area contributed by atoms with Gasteiger partial charge in [0, 0.05) is 38.0 Å². The number of likely N-dealkylation sites (tertiary alicyclic amines) is 1. The first kappa shape index (κ1) is 16.2. The van der Waals surface area contributed by atoms with Gasteiger partial charge in [0.1, 0.15) is 5.78 Å². The van der Waals surface area contributed by atoms with E-state index in [2.05, 4.69) is 18.7 Å². The summed E-state index contributed by atoms with van der Waals surface area (Å²) in [6, 6.07) is 0.372. The van der Waals surface area contributed by atoms with Gasteiger partial charge in [-0.25, -0.2) is 0 Å². The number of ketones is 1. The SMILES string of the molecule is CC(C)C(=O)CN(CCCN1CCCC1=O)C(C)C. The maximum Gasteiger partial charge on any atom is 0.222 e. The molecule has 0 spiro atoms. The average molecular weight is 268 g/mol. The molecule has 1 aliphatic rings. The van der Waals surface area contributed by atoms with E-state index in [-0.39, 0.29) is 11.8 Å². The molecule has 0 aromatic rings. The summed E-state index contributed by atoms with van der Waals surface area (Å²) in [5.74, 6) is 0.682. The van der Waals surface area contributed by atoms with Gasteiger partial charge in [-0.2, -0.15) is 0 Å². The molecule has 1 saturated heterocycles. The van der Waals surface area contributed by atoms with E-state index in [1.807, 2.05) is 18.7 Å². The lowest BCUT2D eigenvalue weighted by Crippen LogP contribution is -2.39. The van der Waals surface area contributed by atoms with E-state index >= 15 is 0 Å². The van der Waals surface area contributed by atoms with E-state index in [1.54, 1.807) is 0 Å². The fourth-order valence-electron chi connectivity index (χ4n) is 2.31. The first-order valence-electron chi connectivity index (χ1n) is 7.46. The first-order valence-corrected chi connectivity index (χ1v) is 7.46. The molecule has 0 N–H and O–H groups in total. The maximum atomic E-state index is 11.8. The minimum Gasteiger partial charge on any atom is -0.343 e. The van der Waals surface area contributed by atoms with Crippen LogP contribution in [0.4, 0.5) is 0 Å². The zero-order valence-electron chi connectivity index (χ0n) is 12.8. The second-order valence-corrected chi connectivity index (χ2v) is 6.02. The highest BCUT2D eigenvalue weighted by molar-refractivity contribution is 5.82. The van der Waals surface area contributed by atoms with Gasteiger partial charge in [-0.1, -0.05) is 13.8 Å². The van der Waals surface area contributed by atoms with Crippen LogP contribution in [0.3, 0.4) is 0 Å². The Labute approximate surface area is 117 Å². The highest BCUT2D eigenvalue weighted by atomic mass is 16.2. The van der Waals surface area contributed by atoms with Gasteiger partial charge in [0.15, 0.2) is 0 Å². The second-order valence-electron chi connectivity index (χ2n) is 6.02. The molecule has 19 heavy (non-hydrogen) atoms.